The van der Waals surface area contributed by atoms with Crippen molar-refractivity contribution in [1.82, 2.24) is 5.32 Å². The fraction of sp³-hybridized carbons (Fsp3) is 0.105. The molecule has 1 aliphatic heterocycles. The van der Waals surface area contributed by atoms with Crippen molar-refractivity contribution in [3.05, 3.63) is 58.6 Å². The third kappa shape index (κ3) is 3.79. The van der Waals surface area contributed by atoms with E-state index in [1.807, 2.05) is 0 Å². The predicted octanol–water partition coefficient (Wildman–Crippen LogP) is 3.19. The summed E-state index contributed by atoms with van der Waals surface area (Å²) in [6.45, 7) is 0. The lowest BCUT2D eigenvalue weighted by Gasteiger charge is -2.29. The number of amides is 2. The van der Waals surface area contributed by atoms with Crippen LogP contribution in [0.15, 0.2) is 48.0 Å². The summed E-state index contributed by atoms with van der Waals surface area (Å²) < 4.78 is 10.5. The van der Waals surface area contributed by atoms with Gasteiger partial charge in [-0.2, -0.15) is 0 Å². The van der Waals surface area contributed by atoms with Crippen molar-refractivity contribution in [3.8, 4) is 11.5 Å². The molecule has 0 radical (unpaired) electrons. The lowest BCUT2D eigenvalue weighted by molar-refractivity contribution is -0.122. The summed E-state index contributed by atoms with van der Waals surface area (Å²) in [5.74, 6) is -0.0786. The van der Waals surface area contributed by atoms with Crippen LogP contribution in [0.3, 0.4) is 0 Å². The summed E-state index contributed by atoms with van der Waals surface area (Å²) in [6, 6.07) is 11.7. The molecule has 1 heterocycles. The molecule has 0 aliphatic carbocycles. The Bertz CT molecular complexity index is 974. The highest BCUT2D eigenvalue weighted by Crippen LogP contribution is 2.29. The number of ether oxygens (including phenoxy) is 2. The van der Waals surface area contributed by atoms with Crippen LogP contribution in [0.1, 0.15) is 5.56 Å². The fourth-order valence-electron chi connectivity index (χ4n) is 2.60. The number of carbonyl (C=O) groups excluding carboxylic acids is 2. The van der Waals surface area contributed by atoms with Crippen LogP contribution in [-0.2, 0) is 9.59 Å². The molecule has 1 saturated heterocycles. The van der Waals surface area contributed by atoms with E-state index in [2.05, 4.69) is 5.32 Å². The maximum Gasteiger partial charge on any atom is 0.270 e. The van der Waals surface area contributed by atoms with Crippen LogP contribution in [0, 0.1) is 0 Å². The van der Waals surface area contributed by atoms with E-state index in [1.54, 1.807) is 42.5 Å². The monoisotopic (exact) mass is 402 g/mol. The van der Waals surface area contributed by atoms with Crippen molar-refractivity contribution in [1.29, 1.82) is 0 Å². The zero-order valence-corrected chi connectivity index (χ0v) is 16.1. The minimum absolute atomic E-state index is 0.00823. The van der Waals surface area contributed by atoms with Crippen LogP contribution >= 0.6 is 23.8 Å². The van der Waals surface area contributed by atoms with E-state index in [9.17, 15) is 9.59 Å². The van der Waals surface area contributed by atoms with E-state index in [1.165, 1.54) is 25.2 Å². The first-order valence-corrected chi connectivity index (χ1v) is 8.62. The van der Waals surface area contributed by atoms with Gasteiger partial charge in [0.2, 0.25) is 0 Å². The van der Waals surface area contributed by atoms with E-state index >= 15 is 0 Å². The smallest absolute Gasteiger partial charge is 0.270 e. The van der Waals surface area contributed by atoms with Gasteiger partial charge in [-0.25, -0.2) is 0 Å². The number of methoxy groups -OCH3 is 2. The second-order valence-corrected chi connectivity index (χ2v) is 6.37. The molecule has 0 unspecified atom stereocenters. The first-order chi connectivity index (χ1) is 12.9. The Balaban J connectivity index is 2.04. The zero-order valence-electron chi connectivity index (χ0n) is 14.5. The molecule has 0 aromatic heterocycles. The minimum Gasteiger partial charge on any atom is -0.497 e. The van der Waals surface area contributed by atoms with Crippen LogP contribution in [-0.4, -0.2) is 31.1 Å². The Morgan fingerprint density at radius 2 is 1.89 bits per heavy atom. The van der Waals surface area contributed by atoms with Gasteiger partial charge in [-0.05, 0) is 48.6 Å². The normalized spacial score (nSPS) is 15.7. The van der Waals surface area contributed by atoms with Crippen LogP contribution in [0.2, 0.25) is 5.02 Å². The van der Waals surface area contributed by atoms with Crippen molar-refractivity contribution >= 4 is 52.5 Å². The van der Waals surface area contributed by atoms with E-state index in [4.69, 9.17) is 33.3 Å². The number of nitrogens with zero attached hydrogens (tertiary/aromatic N) is 1. The highest BCUT2D eigenvalue weighted by Gasteiger charge is 2.34. The second-order valence-electron chi connectivity index (χ2n) is 5.55. The van der Waals surface area contributed by atoms with Gasteiger partial charge >= 0.3 is 0 Å². The molecule has 1 fully saturated rings. The molecule has 1 aliphatic rings. The van der Waals surface area contributed by atoms with Gasteiger partial charge in [-0.1, -0.05) is 17.7 Å². The average Bonchev–Trinajstić information content (AvgIpc) is 2.65. The highest BCUT2D eigenvalue weighted by atomic mass is 35.5. The van der Waals surface area contributed by atoms with Crippen molar-refractivity contribution in [3.63, 3.8) is 0 Å². The maximum atomic E-state index is 13.0. The number of hydrogen-bond donors (Lipinski definition) is 1. The van der Waals surface area contributed by atoms with Crippen LogP contribution in [0.25, 0.3) is 6.08 Å². The molecule has 27 heavy (non-hydrogen) atoms. The van der Waals surface area contributed by atoms with Crippen molar-refractivity contribution in [2.45, 2.75) is 0 Å². The van der Waals surface area contributed by atoms with E-state index in [0.717, 1.165) is 0 Å². The van der Waals surface area contributed by atoms with Gasteiger partial charge in [0.15, 0.2) is 5.11 Å². The molecule has 138 valence electrons. The number of benzene rings is 2. The number of carbonyl (C=O) groups is 2. The zero-order chi connectivity index (χ0) is 19.6. The molecule has 0 saturated carbocycles. The van der Waals surface area contributed by atoms with Gasteiger partial charge in [0, 0.05) is 16.7 Å². The maximum absolute atomic E-state index is 13.0. The lowest BCUT2D eigenvalue weighted by atomic mass is 10.1. The number of hydrogen-bond acceptors (Lipinski definition) is 5. The van der Waals surface area contributed by atoms with Gasteiger partial charge in [0.1, 0.15) is 17.1 Å². The predicted molar refractivity (Wildman–Crippen MR) is 107 cm³/mol. The first kappa shape index (κ1) is 18.9. The quantitative estimate of drug-likeness (QED) is 0.483. The largest absolute Gasteiger partial charge is 0.497 e. The number of anilines is 1. The molecular weight excluding hydrogens is 388 g/mol. The number of thiocarbonyl (C=S) groups is 1. The Labute approximate surface area is 166 Å². The number of halogens is 1. The molecule has 2 aromatic rings. The third-order valence-electron chi connectivity index (χ3n) is 3.91. The van der Waals surface area contributed by atoms with E-state index in [-0.39, 0.29) is 10.7 Å². The van der Waals surface area contributed by atoms with E-state index in [0.29, 0.717) is 27.8 Å². The molecule has 8 heteroatoms. The Morgan fingerprint density at radius 1 is 1.11 bits per heavy atom. The Kier molecular flexibility index (Phi) is 5.43. The molecule has 1 N–H and O–H groups in total. The number of nitrogens with one attached hydrogen (secondary N) is 1. The van der Waals surface area contributed by atoms with E-state index < -0.39 is 11.8 Å². The second kappa shape index (κ2) is 7.77. The lowest BCUT2D eigenvalue weighted by Crippen LogP contribution is -2.54. The molecule has 0 atom stereocenters. The minimum atomic E-state index is -0.582. The summed E-state index contributed by atoms with van der Waals surface area (Å²) in [7, 11) is 3.03. The Hall–Kier alpha value is -2.90. The summed E-state index contributed by atoms with van der Waals surface area (Å²) in [5.41, 5.74) is 0.938. The first-order valence-electron chi connectivity index (χ1n) is 7.83. The molecule has 0 spiro atoms. The molecule has 3 rings (SSSR count). The fourth-order valence-corrected chi connectivity index (χ4v) is 3.07. The van der Waals surface area contributed by atoms with Crippen molar-refractivity contribution < 1.29 is 19.1 Å². The van der Waals surface area contributed by atoms with Crippen molar-refractivity contribution in [2.24, 2.45) is 0 Å². The van der Waals surface area contributed by atoms with Crippen LogP contribution in [0.5, 0.6) is 11.5 Å². The topological polar surface area (TPSA) is 67.9 Å². The molecule has 2 amide bonds. The SMILES string of the molecule is COc1ccc(/C=C2\C(=O)NC(=S)N(c3cccc(Cl)c3)C2=O)c(OC)c1. The molecular formula is C19H15ClN2O4S. The molecule has 0 bridgehead atoms. The molecule has 6 nitrogen and oxygen atoms in total. The third-order valence-corrected chi connectivity index (χ3v) is 4.43. The van der Waals surface area contributed by atoms with Gasteiger partial charge < -0.3 is 9.47 Å². The molecule has 2 aromatic carbocycles. The van der Waals surface area contributed by atoms with Gasteiger partial charge in [-0.3, -0.25) is 19.8 Å². The summed E-state index contributed by atoms with van der Waals surface area (Å²) >= 11 is 11.2. The van der Waals surface area contributed by atoms with Crippen LogP contribution in [0.4, 0.5) is 5.69 Å². The van der Waals surface area contributed by atoms with Gasteiger partial charge in [0.25, 0.3) is 11.8 Å². The number of rotatable bonds is 4. The summed E-state index contributed by atoms with van der Waals surface area (Å²) in [5, 5.41) is 2.97. The van der Waals surface area contributed by atoms with Gasteiger partial charge in [0.05, 0.1) is 19.9 Å². The van der Waals surface area contributed by atoms with Gasteiger partial charge in [-0.15, -0.1) is 0 Å². The van der Waals surface area contributed by atoms with Crippen LogP contribution < -0.4 is 19.7 Å². The highest BCUT2D eigenvalue weighted by molar-refractivity contribution is 7.80. The average molecular weight is 403 g/mol. The van der Waals surface area contributed by atoms with Crippen molar-refractivity contribution in [2.75, 3.05) is 19.1 Å². The standard InChI is InChI=1S/C19H15ClN2O4S/c1-25-14-7-6-11(16(10-14)26-2)8-15-17(23)21-19(27)22(18(15)24)13-5-3-4-12(20)9-13/h3-10H,1-2H3,(H,21,23,27)/b15-8+. The summed E-state index contributed by atoms with van der Waals surface area (Å²) in [4.78, 5) is 26.6. The Morgan fingerprint density at radius 3 is 2.56 bits per heavy atom. The summed E-state index contributed by atoms with van der Waals surface area (Å²) in [6.07, 6.45) is 1.45.